The van der Waals surface area contributed by atoms with Crippen LogP contribution in [0, 0.1) is 6.92 Å². The van der Waals surface area contributed by atoms with E-state index in [-0.39, 0.29) is 6.03 Å². The molecule has 3 aromatic rings. The molecule has 0 unspecified atom stereocenters. The van der Waals surface area contributed by atoms with Crippen LogP contribution in [0.1, 0.15) is 5.56 Å². The van der Waals surface area contributed by atoms with Crippen molar-refractivity contribution < 1.29 is 4.79 Å². The highest BCUT2D eigenvalue weighted by Gasteiger charge is 2.10. The second-order valence-corrected chi connectivity index (χ2v) is 6.51. The van der Waals surface area contributed by atoms with Gasteiger partial charge in [-0.1, -0.05) is 23.9 Å². The monoisotopic (exact) mass is 374 g/mol. The summed E-state index contributed by atoms with van der Waals surface area (Å²) in [4.78, 5) is 13.5. The molecular weight excluding hydrogens is 356 g/mol. The Morgan fingerprint density at radius 3 is 2.77 bits per heavy atom. The highest BCUT2D eigenvalue weighted by molar-refractivity contribution is 7.99. The van der Waals surface area contributed by atoms with E-state index in [1.807, 2.05) is 25.1 Å². The largest absolute Gasteiger partial charge is 0.337 e. The fourth-order valence-corrected chi connectivity index (χ4v) is 2.82. The Bertz CT molecular complexity index is 905. The lowest BCUT2D eigenvalue weighted by molar-refractivity contribution is 0.252. The summed E-state index contributed by atoms with van der Waals surface area (Å²) in [7, 11) is 3.47. The van der Waals surface area contributed by atoms with Crippen molar-refractivity contribution in [2.24, 2.45) is 14.1 Å². The van der Waals surface area contributed by atoms with Gasteiger partial charge in [-0.3, -0.25) is 0 Å². The summed E-state index contributed by atoms with van der Waals surface area (Å²) < 4.78 is 1.58. The van der Waals surface area contributed by atoms with Gasteiger partial charge in [0.05, 0.1) is 7.05 Å². The molecule has 0 radical (unpaired) electrons. The minimum Gasteiger partial charge on any atom is -0.337 e. The molecule has 0 aliphatic carbocycles. The number of aromatic nitrogens is 8. The Hall–Kier alpha value is -3.02. The number of nitrogens with one attached hydrogen (secondary N) is 2. The van der Waals surface area contributed by atoms with Crippen molar-refractivity contribution in [3.8, 4) is 11.4 Å². The van der Waals surface area contributed by atoms with Crippen molar-refractivity contribution in [2.75, 3.05) is 17.6 Å². The quantitative estimate of drug-likeness (QED) is 0.475. The SMILES string of the molecule is Cc1ccc(-c2nnn(C)n2)cc1NC(=O)NCCSc1nnnn1C. The molecule has 3 rings (SSSR count). The van der Waals surface area contributed by atoms with Crippen molar-refractivity contribution in [3.05, 3.63) is 23.8 Å². The highest BCUT2D eigenvalue weighted by Crippen LogP contribution is 2.22. The van der Waals surface area contributed by atoms with E-state index in [4.69, 9.17) is 0 Å². The molecule has 0 aliphatic rings. The number of rotatable bonds is 6. The predicted molar refractivity (Wildman–Crippen MR) is 95.5 cm³/mol. The lowest BCUT2D eigenvalue weighted by Crippen LogP contribution is -2.30. The molecule has 0 saturated carbocycles. The number of nitrogens with zero attached hydrogens (tertiary/aromatic N) is 8. The van der Waals surface area contributed by atoms with Crippen LogP contribution in [-0.4, -0.2) is 58.7 Å². The molecule has 0 atom stereocenters. The third-order valence-corrected chi connectivity index (χ3v) is 4.46. The molecule has 1 aromatic carbocycles. The van der Waals surface area contributed by atoms with Crippen LogP contribution in [-0.2, 0) is 14.1 Å². The molecule has 2 aromatic heterocycles. The zero-order valence-electron chi connectivity index (χ0n) is 14.5. The van der Waals surface area contributed by atoms with Gasteiger partial charge in [0, 0.05) is 30.6 Å². The first-order valence-corrected chi connectivity index (χ1v) is 8.76. The Morgan fingerprint density at radius 1 is 1.23 bits per heavy atom. The molecule has 0 spiro atoms. The van der Waals surface area contributed by atoms with Gasteiger partial charge in [0.1, 0.15) is 0 Å². The fraction of sp³-hybridized carbons (Fsp3) is 0.357. The van der Waals surface area contributed by atoms with E-state index in [1.165, 1.54) is 16.6 Å². The van der Waals surface area contributed by atoms with E-state index in [0.29, 0.717) is 29.0 Å². The first-order valence-electron chi connectivity index (χ1n) is 7.78. The summed E-state index contributed by atoms with van der Waals surface area (Å²) in [5, 5.41) is 29.5. The van der Waals surface area contributed by atoms with Crippen molar-refractivity contribution >= 4 is 23.5 Å². The summed E-state index contributed by atoms with van der Waals surface area (Å²) in [6.45, 7) is 2.40. The van der Waals surface area contributed by atoms with Crippen LogP contribution in [0.15, 0.2) is 23.4 Å². The van der Waals surface area contributed by atoms with Gasteiger partial charge in [-0.2, -0.15) is 4.80 Å². The minimum absolute atomic E-state index is 0.283. The number of thioether (sulfide) groups is 1. The Labute approximate surface area is 153 Å². The number of anilines is 1. The molecule has 136 valence electrons. The smallest absolute Gasteiger partial charge is 0.319 e. The molecule has 0 fully saturated rings. The molecule has 12 heteroatoms. The second-order valence-electron chi connectivity index (χ2n) is 5.45. The average molecular weight is 374 g/mol. The topological polar surface area (TPSA) is 128 Å². The molecular formula is C14H18N10OS. The lowest BCUT2D eigenvalue weighted by atomic mass is 10.1. The van der Waals surface area contributed by atoms with Gasteiger partial charge in [0.2, 0.25) is 11.0 Å². The van der Waals surface area contributed by atoms with Crippen LogP contribution < -0.4 is 10.6 Å². The fourth-order valence-electron chi connectivity index (χ4n) is 2.11. The number of hydrogen-bond donors (Lipinski definition) is 2. The second kappa shape index (κ2) is 7.91. The van der Waals surface area contributed by atoms with Gasteiger partial charge >= 0.3 is 6.03 Å². The summed E-state index contributed by atoms with van der Waals surface area (Å²) in [5.74, 6) is 1.16. The van der Waals surface area contributed by atoms with E-state index < -0.39 is 0 Å². The summed E-state index contributed by atoms with van der Waals surface area (Å²) in [5.41, 5.74) is 2.41. The zero-order chi connectivity index (χ0) is 18.5. The maximum absolute atomic E-state index is 12.1. The molecule has 2 N–H and O–H groups in total. The zero-order valence-corrected chi connectivity index (χ0v) is 15.4. The lowest BCUT2D eigenvalue weighted by Gasteiger charge is -2.10. The standard InChI is InChI=1S/C14H18N10OS/c1-9-4-5-10(12-17-21-24(3)19-12)8-11(9)16-13(25)15-6-7-26-14-18-20-22-23(14)2/h4-5,8H,6-7H2,1-3H3,(H2,15,16,25). The van der Waals surface area contributed by atoms with Crippen LogP contribution in [0.4, 0.5) is 10.5 Å². The number of hydrogen-bond acceptors (Lipinski definition) is 8. The van der Waals surface area contributed by atoms with Crippen molar-refractivity contribution in [1.29, 1.82) is 0 Å². The maximum Gasteiger partial charge on any atom is 0.319 e. The van der Waals surface area contributed by atoms with E-state index in [2.05, 4.69) is 41.6 Å². The third-order valence-electron chi connectivity index (χ3n) is 3.45. The Morgan fingerprint density at radius 2 is 2.08 bits per heavy atom. The number of urea groups is 1. The molecule has 2 amide bonds. The van der Waals surface area contributed by atoms with Gasteiger partial charge in [0.25, 0.3) is 0 Å². The summed E-state index contributed by atoms with van der Waals surface area (Å²) in [6, 6.07) is 5.33. The molecule has 0 saturated heterocycles. The number of aryl methyl sites for hydroxylation is 3. The maximum atomic E-state index is 12.1. The number of carbonyl (C=O) groups excluding carboxylic acids is 1. The Kier molecular flexibility index (Phi) is 5.41. The van der Waals surface area contributed by atoms with Gasteiger partial charge < -0.3 is 10.6 Å². The van der Waals surface area contributed by atoms with Crippen LogP contribution in [0.3, 0.4) is 0 Å². The third kappa shape index (κ3) is 4.33. The molecule has 26 heavy (non-hydrogen) atoms. The van der Waals surface area contributed by atoms with Crippen molar-refractivity contribution in [1.82, 2.24) is 45.7 Å². The van der Waals surface area contributed by atoms with Crippen molar-refractivity contribution in [3.63, 3.8) is 0 Å². The van der Waals surface area contributed by atoms with Crippen LogP contribution in [0.5, 0.6) is 0 Å². The molecule has 2 heterocycles. The predicted octanol–water partition coefficient (Wildman–Crippen LogP) is 0.623. The molecule has 0 aliphatic heterocycles. The minimum atomic E-state index is -0.283. The van der Waals surface area contributed by atoms with Crippen LogP contribution in [0.2, 0.25) is 0 Å². The van der Waals surface area contributed by atoms with Gasteiger partial charge in [-0.25, -0.2) is 9.48 Å². The van der Waals surface area contributed by atoms with E-state index in [1.54, 1.807) is 18.8 Å². The van der Waals surface area contributed by atoms with Crippen LogP contribution in [0.25, 0.3) is 11.4 Å². The van der Waals surface area contributed by atoms with Gasteiger partial charge in [0.15, 0.2) is 0 Å². The highest BCUT2D eigenvalue weighted by atomic mass is 32.2. The van der Waals surface area contributed by atoms with Gasteiger partial charge in [-0.15, -0.1) is 15.3 Å². The average Bonchev–Trinajstić information content (AvgIpc) is 3.22. The molecule has 0 bridgehead atoms. The first kappa shape index (κ1) is 17.8. The van der Waals surface area contributed by atoms with Gasteiger partial charge in [-0.05, 0) is 34.2 Å². The number of carbonyl (C=O) groups is 1. The van der Waals surface area contributed by atoms with E-state index >= 15 is 0 Å². The van der Waals surface area contributed by atoms with Crippen molar-refractivity contribution in [2.45, 2.75) is 12.1 Å². The van der Waals surface area contributed by atoms with E-state index in [0.717, 1.165) is 11.1 Å². The number of tetrazole rings is 2. The normalized spacial score (nSPS) is 10.7. The van der Waals surface area contributed by atoms with Crippen LogP contribution >= 0.6 is 11.8 Å². The summed E-state index contributed by atoms with van der Waals surface area (Å²) >= 11 is 1.47. The summed E-state index contributed by atoms with van der Waals surface area (Å²) in [6.07, 6.45) is 0. The number of amides is 2. The molecule has 11 nitrogen and oxygen atoms in total. The number of benzene rings is 1. The Balaban J connectivity index is 1.54. The van der Waals surface area contributed by atoms with E-state index in [9.17, 15) is 4.79 Å². The first-order chi connectivity index (χ1) is 12.5.